The smallest absolute Gasteiger partial charge is 0.203 e. The molecule has 1 fully saturated rings. The number of alkyl halides is 1. The maximum atomic E-state index is 8.85. The second-order valence-electron chi connectivity index (χ2n) is 6.59. The number of aryl methyl sites for hydroxylation is 4. The Morgan fingerprint density at radius 2 is 1.36 bits per heavy atom. The van der Waals surface area contributed by atoms with Crippen molar-refractivity contribution in [3.8, 4) is 0 Å². The van der Waals surface area contributed by atoms with Crippen LogP contribution in [0, 0.1) is 33.1 Å². The van der Waals surface area contributed by atoms with Crippen molar-refractivity contribution in [2.24, 2.45) is 0 Å². The van der Waals surface area contributed by atoms with Crippen LogP contribution in [-0.2, 0) is 0 Å². The van der Waals surface area contributed by atoms with Crippen molar-refractivity contribution in [2.75, 3.05) is 22.2 Å². The van der Waals surface area contributed by atoms with Crippen LogP contribution in [0.2, 0.25) is 0 Å². The maximum absolute atomic E-state index is 8.85. The van der Waals surface area contributed by atoms with Crippen LogP contribution in [0.5, 0.6) is 0 Å². The number of anilines is 2. The monoisotopic (exact) mass is 377 g/mol. The van der Waals surface area contributed by atoms with Gasteiger partial charge in [0, 0.05) is 18.1 Å². The minimum absolute atomic E-state index is 0. The molecule has 1 aliphatic heterocycles. The van der Waals surface area contributed by atoms with E-state index in [0.717, 1.165) is 17.9 Å². The molecule has 1 N–H and O–H groups in total. The predicted octanol–water partition coefficient (Wildman–Crippen LogP) is 5.21. The average molecular weight is 378 g/mol. The van der Waals surface area contributed by atoms with Crippen molar-refractivity contribution in [1.29, 1.82) is 5.41 Å². The first kappa shape index (κ1) is 19.6. The van der Waals surface area contributed by atoms with Crippen molar-refractivity contribution >= 4 is 41.3 Å². The number of hydrogen-bond donors (Lipinski definition) is 1. The van der Waals surface area contributed by atoms with Gasteiger partial charge in [0.2, 0.25) is 5.96 Å². The van der Waals surface area contributed by atoms with Gasteiger partial charge in [-0.15, -0.1) is 24.0 Å². The molecule has 1 aliphatic rings. The van der Waals surface area contributed by atoms with Crippen LogP contribution in [0.3, 0.4) is 0 Å². The molecule has 0 saturated carbocycles. The Bertz CT molecular complexity index is 748. The van der Waals surface area contributed by atoms with E-state index < -0.39 is 0 Å². The normalized spacial score (nSPS) is 17.0. The molecule has 0 aromatic heterocycles. The van der Waals surface area contributed by atoms with Gasteiger partial charge in [0.25, 0.3) is 0 Å². The standard InChI is InChI=1S/C20H24ClN3.ClH/c1-13-7-5-8-14(2)18(13)23-12-17(11-21)24(20(23)22)19-15(3)9-6-10-16(19)4;/h5-10,17,22H,11-12H2,1-4H3;1H. The molecule has 0 amide bonds. The fourth-order valence-corrected chi connectivity index (χ4v) is 3.94. The summed E-state index contributed by atoms with van der Waals surface area (Å²) in [4.78, 5) is 4.20. The molecule has 0 aliphatic carbocycles. The minimum atomic E-state index is 0. The van der Waals surface area contributed by atoms with Crippen LogP contribution in [-0.4, -0.2) is 24.4 Å². The van der Waals surface area contributed by atoms with Crippen LogP contribution in [0.15, 0.2) is 36.4 Å². The Kier molecular flexibility index (Phi) is 6.02. The summed E-state index contributed by atoms with van der Waals surface area (Å²) >= 11 is 6.29. The topological polar surface area (TPSA) is 30.3 Å². The Labute approximate surface area is 161 Å². The largest absolute Gasteiger partial charge is 0.310 e. The van der Waals surface area contributed by atoms with Gasteiger partial charge in [0.05, 0.1) is 11.7 Å². The molecule has 134 valence electrons. The van der Waals surface area contributed by atoms with Crippen LogP contribution in [0.4, 0.5) is 11.4 Å². The lowest BCUT2D eigenvalue weighted by Crippen LogP contribution is -2.37. The van der Waals surface area contributed by atoms with E-state index in [2.05, 4.69) is 73.9 Å². The zero-order chi connectivity index (χ0) is 17.4. The number of rotatable bonds is 3. The lowest BCUT2D eigenvalue weighted by atomic mass is 10.1. The van der Waals surface area contributed by atoms with Crippen LogP contribution >= 0.6 is 24.0 Å². The van der Waals surface area contributed by atoms with E-state index >= 15 is 0 Å². The summed E-state index contributed by atoms with van der Waals surface area (Å²) in [5, 5.41) is 8.85. The van der Waals surface area contributed by atoms with Crippen LogP contribution in [0.25, 0.3) is 0 Å². The number of halogens is 2. The summed E-state index contributed by atoms with van der Waals surface area (Å²) in [7, 11) is 0. The quantitative estimate of drug-likeness (QED) is 0.743. The van der Waals surface area contributed by atoms with E-state index in [1.54, 1.807) is 0 Å². The number of hydrogen-bond acceptors (Lipinski definition) is 1. The third-order valence-corrected chi connectivity index (χ3v) is 5.17. The Hall–Kier alpha value is -1.71. The molecule has 1 atom stereocenters. The van der Waals surface area contributed by atoms with Crippen molar-refractivity contribution in [3.63, 3.8) is 0 Å². The van der Waals surface area contributed by atoms with Gasteiger partial charge in [-0.25, -0.2) is 0 Å². The van der Waals surface area contributed by atoms with E-state index in [-0.39, 0.29) is 18.4 Å². The number of guanidine groups is 1. The second-order valence-corrected chi connectivity index (χ2v) is 6.90. The van der Waals surface area contributed by atoms with Gasteiger partial charge in [-0.1, -0.05) is 36.4 Å². The van der Waals surface area contributed by atoms with E-state index in [1.165, 1.54) is 22.3 Å². The SMILES string of the molecule is Cc1cccc(C)c1N1CC(CCl)N(c2c(C)cccc2C)C1=N.Cl. The highest BCUT2D eigenvalue weighted by Crippen LogP contribution is 2.35. The maximum Gasteiger partial charge on any atom is 0.203 e. The van der Waals surface area contributed by atoms with E-state index in [9.17, 15) is 0 Å². The van der Waals surface area contributed by atoms with E-state index in [0.29, 0.717) is 11.8 Å². The van der Waals surface area contributed by atoms with E-state index in [4.69, 9.17) is 17.0 Å². The highest BCUT2D eigenvalue weighted by atomic mass is 35.5. The molecule has 1 saturated heterocycles. The highest BCUT2D eigenvalue weighted by Gasteiger charge is 2.37. The first-order chi connectivity index (χ1) is 11.5. The van der Waals surface area contributed by atoms with Gasteiger partial charge in [-0.2, -0.15) is 0 Å². The zero-order valence-corrected chi connectivity index (χ0v) is 16.7. The minimum Gasteiger partial charge on any atom is -0.310 e. The lowest BCUT2D eigenvalue weighted by molar-refractivity contribution is 0.795. The molecule has 0 spiro atoms. The zero-order valence-electron chi connectivity index (χ0n) is 15.1. The highest BCUT2D eigenvalue weighted by molar-refractivity contribution is 6.20. The van der Waals surface area contributed by atoms with Crippen LogP contribution in [0.1, 0.15) is 22.3 Å². The molecule has 0 bridgehead atoms. The fourth-order valence-electron chi connectivity index (χ4n) is 3.70. The molecular formula is C20H25Cl2N3. The van der Waals surface area contributed by atoms with Gasteiger partial charge < -0.3 is 9.80 Å². The Balaban J connectivity index is 0.00000225. The molecule has 0 radical (unpaired) electrons. The van der Waals surface area contributed by atoms with Crippen molar-refractivity contribution < 1.29 is 0 Å². The van der Waals surface area contributed by atoms with Crippen molar-refractivity contribution in [1.82, 2.24) is 0 Å². The van der Waals surface area contributed by atoms with Crippen LogP contribution < -0.4 is 9.80 Å². The molecule has 5 heteroatoms. The lowest BCUT2D eigenvalue weighted by Gasteiger charge is -2.28. The molecule has 1 heterocycles. The summed E-state index contributed by atoms with van der Waals surface area (Å²) in [5.74, 6) is 1.01. The molecule has 3 rings (SSSR count). The molecule has 3 nitrogen and oxygen atoms in total. The number of benzene rings is 2. The predicted molar refractivity (Wildman–Crippen MR) is 111 cm³/mol. The van der Waals surface area contributed by atoms with Crippen molar-refractivity contribution in [3.05, 3.63) is 58.7 Å². The second kappa shape index (κ2) is 7.67. The van der Waals surface area contributed by atoms with Gasteiger partial charge in [0.15, 0.2) is 0 Å². The number of nitrogens with zero attached hydrogens (tertiary/aromatic N) is 2. The third-order valence-electron chi connectivity index (χ3n) is 4.81. The Morgan fingerprint density at radius 3 is 1.80 bits per heavy atom. The number of para-hydroxylation sites is 2. The number of nitrogens with one attached hydrogen (secondary N) is 1. The Morgan fingerprint density at radius 1 is 0.920 bits per heavy atom. The first-order valence-corrected chi connectivity index (χ1v) is 8.83. The van der Waals surface area contributed by atoms with Gasteiger partial charge in [-0.05, 0) is 49.9 Å². The van der Waals surface area contributed by atoms with Gasteiger partial charge >= 0.3 is 0 Å². The van der Waals surface area contributed by atoms with Gasteiger partial charge in [0.1, 0.15) is 0 Å². The summed E-state index contributed by atoms with van der Waals surface area (Å²) < 4.78 is 0. The summed E-state index contributed by atoms with van der Waals surface area (Å²) in [6, 6.07) is 12.6. The first-order valence-electron chi connectivity index (χ1n) is 8.29. The van der Waals surface area contributed by atoms with Gasteiger partial charge in [-0.3, -0.25) is 5.41 Å². The summed E-state index contributed by atoms with van der Waals surface area (Å²) in [6.07, 6.45) is 0. The fraction of sp³-hybridized carbons (Fsp3) is 0.350. The average Bonchev–Trinajstić information content (AvgIpc) is 2.84. The summed E-state index contributed by atoms with van der Waals surface area (Å²) in [5.41, 5.74) is 6.98. The molecule has 1 unspecified atom stereocenters. The molecule has 25 heavy (non-hydrogen) atoms. The molecule has 2 aromatic carbocycles. The molecule has 2 aromatic rings. The third kappa shape index (κ3) is 3.36. The summed E-state index contributed by atoms with van der Waals surface area (Å²) in [6.45, 7) is 9.15. The van der Waals surface area contributed by atoms with E-state index in [1.807, 2.05) is 0 Å². The molecular weight excluding hydrogens is 353 g/mol. The van der Waals surface area contributed by atoms with Crippen molar-refractivity contribution in [2.45, 2.75) is 33.7 Å².